The van der Waals surface area contributed by atoms with E-state index in [0.717, 1.165) is 6.29 Å². The molecule has 1 aromatic rings. The summed E-state index contributed by atoms with van der Waals surface area (Å²) in [7, 11) is 0. The minimum atomic E-state index is -1.01. The molecule has 0 aliphatic rings. The Morgan fingerprint density at radius 3 is 2.48 bits per heavy atom. The van der Waals surface area contributed by atoms with Gasteiger partial charge in [-0.25, -0.2) is 4.79 Å². The molecule has 0 spiro atoms. The van der Waals surface area contributed by atoms with E-state index in [0.29, 0.717) is 30.8 Å². The van der Waals surface area contributed by atoms with Crippen molar-refractivity contribution in [2.45, 2.75) is 39.2 Å². The number of carboxylic acids is 1. The third-order valence-corrected chi connectivity index (χ3v) is 3.63. The number of carboxylic acid groups (broad SMARTS) is 1. The number of carbonyl (C=O) groups excluding carboxylic acids is 2. The number of ether oxygens (including phenoxy) is 1. The molecule has 0 saturated heterocycles. The lowest BCUT2D eigenvalue weighted by Crippen LogP contribution is -2.45. The van der Waals surface area contributed by atoms with Gasteiger partial charge in [0.2, 0.25) is 5.91 Å². The molecule has 0 aliphatic carbocycles. The molecule has 0 aliphatic heterocycles. The molecule has 0 fully saturated rings. The number of hydrogen-bond donors (Lipinski definition) is 2. The lowest BCUT2D eigenvalue weighted by atomic mass is 9.99. The number of benzene rings is 1. The van der Waals surface area contributed by atoms with Crippen LogP contribution in [-0.2, 0) is 9.59 Å². The molecule has 2 N–H and O–H groups in total. The largest absolute Gasteiger partial charge is 0.494 e. The highest BCUT2D eigenvalue weighted by Gasteiger charge is 2.24. The molecule has 6 nitrogen and oxygen atoms in total. The standard InChI is InChI=1S/C17H23NO5/c1-3-12(2)16(17(21)22)18-15(20)5-4-10-23-14-8-6-13(11-19)7-9-14/h6-9,11-12,16H,3-5,10H2,1-2H3,(H,18,20)(H,21,22). The van der Waals surface area contributed by atoms with Crippen LogP contribution in [0.1, 0.15) is 43.5 Å². The molecule has 1 amide bonds. The zero-order valence-corrected chi connectivity index (χ0v) is 13.5. The number of nitrogens with one attached hydrogen (secondary N) is 1. The van der Waals surface area contributed by atoms with Gasteiger partial charge in [0.05, 0.1) is 6.61 Å². The second-order valence-corrected chi connectivity index (χ2v) is 5.41. The van der Waals surface area contributed by atoms with Gasteiger partial charge in [0.25, 0.3) is 0 Å². The zero-order chi connectivity index (χ0) is 17.2. The van der Waals surface area contributed by atoms with Gasteiger partial charge >= 0.3 is 5.97 Å². The molecule has 1 rings (SSSR count). The molecule has 0 radical (unpaired) electrons. The molecule has 0 saturated carbocycles. The van der Waals surface area contributed by atoms with Crippen molar-refractivity contribution in [2.24, 2.45) is 5.92 Å². The summed E-state index contributed by atoms with van der Waals surface area (Å²) in [5.41, 5.74) is 0.571. The van der Waals surface area contributed by atoms with E-state index < -0.39 is 12.0 Å². The van der Waals surface area contributed by atoms with Gasteiger partial charge in [-0.05, 0) is 36.6 Å². The lowest BCUT2D eigenvalue weighted by Gasteiger charge is -2.20. The van der Waals surface area contributed by atoms with Gasteiger partial charge in [0.15, 0.2) is 0 Å². The first-order chi connectivity index (χ1) is 11.0. The summed E-state index contributed by atoms with van der Waals surface area (Å²) in [4.78, 5) is 33.5. The molecule has 126 valence electrons. The molecule has 1 aromatic carbocycles. The predicted octanol–water partition coefficient (Wildman–Crippen LogP) is 2.27. The van der Waals surface area contributed by atoms with Gasteiger partial charge < -0.3 is 15.2 Å². The van der Waals surface area contributed by atoms with Gasteiger partial charge in [-0.2, -0.15) is 0 Å². The molecule has 0 aromatic heterocycles. The average molecular weight is 321 g/mol. The van der Waals surface area contributed by atoms with E-state index in [-0.39, 0.29) is 18.2 Å². The Balaban J connectivity index is 2.32. The number of aldehydes is 1. The fourth-order valence-electron chi connectivity index (χ4n) is 1.99. The monoisotopic (exact) mass is 321 g/mol. The third-order valence-electron chi connectivity index (χ3n) is 3.63. The first kappa shape index (κ1) is 18.7. The van der Waals surface area contributed by atoms with Crippen LogP contribution in [0.4, 0.5) is 0 Å². The van der Waals surface area contributed by atoms with E-state index in [1.807, 2.05) is 6.92 Å². The molecule has 2 atom stereocenters. The van der Waals surface area contributed by atoms with E-state index in [4.69, 9.17) is 9.84 Å². The Bertz CT molecular complexity index is 526. The van der Waals surface area contributed by atoms with Crippen LogP contribution in [0.25, 0.3) is 0 Å². The van der Waals surface area contributed by atoms with Crippen LogP contribution in [-0.4, -0.2) is 35.9 Å². The smallest absolute Gasteiger partial charge is 0.326 e. The number of amides is 1. The number of rotatable bonds is 10. The topological polar surface area (TPSA) is 92.7 Å². The Hall–Kier alpha value is -2.37. The van der Waals surface area contributed by atoms with Gasteiger partial charge in [-0.1, -0.05) is 20.3 Å². The van der Waals surface area contributed by atoms with E-state index in [1.54, 1.807) is 31.2 Å². The Kier molecular flexibility index (Phi) is 7.80. The van der Waals surface area contributed by atoms with Crippen LogP contribution in [0.2, 0.25) is 0 Å². The summed E-state index contributed by atoms with van der Waals surface area (Å²) in [6.07, 6.45) is 2.11. The minimum Gasteiger partial charge on any atom is -0.494 e. The lowest BCUT2D eigenvalue weighted by molar-refractivity contribution is -0.143. The second-order valence-electron chi connectivity index (χ2n) is 5.41. The quantitative estimate of drug-likeness (QED) is 0.509. The maximum absolute atomic E-state index is 11.8. The fourth-order valence-corrected chi connectivity index (χ4v) is 1.99. The molecule has 6 heteroatoms. The fraction of sp³-hybridized carbons (Fsp3) is 0.471. The highest BCUT2D eigenvalue weighted by atomic mass is 16.5. The van der Waals surface area contributed by atoms with Gasteiger partial charge in [0.1, 0.15) is 18.1 Å². The first-order valence-corrected chi connectivity index (χ1v) is 7.68. The van der Waals surface area contributed by atoms with Crippen molar-refractivity contribution in [3.05, 3.63) is 29.8 Å². The van der Waals surface area contributed by atoms with Crippen LogP contribution in [0.15, 0.2) is 24.3 Å². The first-order valence-electron chi connectivity index (χ1n) is 7.68. The maximum Gasteiger partial charge on any atom is 0.326 e. The molecule has 0 heterocycles. The SMILES string of the molecule is CCC(C)C(NC(=O)CCCOc1ccc(C=O)cc1)C(=O)O. The van der Waals surface area contributed by atoms with E-state index in [1.165, 1.54) is 0 Å². The molecular formula is C17H23NO5. The number of hydrogen-bond acceptors (Lipinski definition) is 4. The second kappa shape index (κ2) is 9.61. The van der Waals surface area contributed by atoms with Crippen LogP contribution in [0.5, 0.6) is 5.75 Å². The molecule has 0 bridgehead atoms. The highest BCUT2D eigenvalue weighted by molar-refractivity contribution is 5.83. The Morgan fingerprint density at radius 2 is 1.96 bits per heavy atom. The minimum absolute atomic E-state index is 0.121. The molecule has 2 unspecified atom stereocenters. The summed E-state index contributed by atoms with van der Waals surface area (Å²) in [6, 6.07) is 5.82. The maximum atomic E-state index is 11.8. The number of aliphatic carboxylic acids is 1. The molecular weight excluding hydrogens is 298 g/mol. The summed E-state index contributed by atoms with van der Waals surface area (Å²) in [5.74, 6) is -0.806. The van der Waals surface area contributed by atoms with Crippen molar-refractivity contribution in [2.75, 3.05) is 6.61 Å². The van der Waals surface area contributed by atoms with Gasteiger partial charge in [-0.3, -0.25) is 9.59 Å². The van der Waals surface area contributed by atoms with Gasteiger partial charge in [0, 0.05) is 12.0 Å². The summed E-state index contributed by atoms with van der Waals surface area (Å²) in [6.45, 7) is 4.02. The summed E-state index contributed by atoms with van der Waals surface area (Å²) < 4.78 is 5.46. The summed E-state index contributed by atoms with van der Waals surface area (Å²) >= 11 is 0. The van der Waals surface area contributed by atoms with E-state index in [2.05, 4.69) is 5.32 Å². The Morgan fingerprint density at radius 1 is 1.30 bits per heavy atom. The van der Waals surface area contributed by atoms with Gasteiger partial charge in [-0.15, -0.1) is 0 Å². The summed E-state index contributed by atoms with van der Waals surface area (Å²) in [5, 5.41) is 11.7. The zero-order valence-electron chi connectivity index (χ0n) is 13.5. The third kappa shape index (κ3) is 6.50. The van der Waals surface area contributed by atoms with Crippen LogP contribution in [0.3, 0.4) is 0 Å². The van der Waals surface area contributed by atoms with E-state index in [9.17, 15) is 14.4 Å². The van der Waals surface area contributed by atoms with E-state index >= 15 is 0 Å². The van der Waals surface area contributed by atoms with Crippen molar-refractivity contribution >= 4 is 18.2 Å². The Labute approximate surface area is 135 Å². The van der Waals surface area contributed by atoms with Crippen molar-refractivity contribution < 1.29 is 24.2 Å². The van der Waals surface area contributed by atoms with Crippen LogP contribution < -0.4 is 10.1 Å². The van der Waals surface area contributed by atoms with Crippen LogP contribution >= 0.6 is 0 Å². The van der Waals surface area contributed by atoms with Crippen molar-refractivity contribution in [1.29, 1.82) is 0 Å². The number of carbonyl (C=O) groups is 3. The average Bonchev–Trinajstić information content (AvgIpc) is 2.56. The van der Waals surface area contributed by atoms with Crippen LogP contribution in [0, 0.1) is 5.92 Å². The highest BCUT2D eigenvalue weighted by Crippen LogP contribution is 2.12. The molecule has 23 heavy (non-hydrogen) atoms. The van der Waals surface area contributed by atoms with Crippen molar-refractivity contribution in [1.82, 2.24) is 5.32 Å². The van der Waals surface area contributed by atoms with Crippen molar-refractivity contribution in [3.8, 4) is 5.75 Å². The predicted molar refractivity (Wildman–Crippen MR) is 85.6 cm³/mol. The normalized spacial score (nSPS) is 13.0. The van der Waals surface area contributed by atoms with Crippen molar-refractivity contribution in [3.63, 3.8) is 0 Å².